The molecule has 0 unspecified atom stereocenters. The van der Waals surface area contributed by atoms with Crippen LogP contribution in [0.4, 0.5) is 0 Å². The monoisotopic (exact) mass is 272 g/mol. The van der Waals surface area contributed by atoms with E-state index in [1.165, 1.54) is 19.3 Å². The van der Waals surface area contributed by atoms with Crippen molar-refractivity contribution in [2.24, 2.45) is 0 Å². The summed E-state index contributed by atoms with van der Waals surface area (Å²) in [5, 5.41) is 0. The topological polar surface area (TPSA) is 0 Å². The molecular weight excluding hydrogens is 228 g/mol. The number of hydrogen-bond acceptors (Lipinski definition) is 0. The maximum atomic E-state index is 2.12. The Morgan fingerprint density at radius 1 is 0.421 bits per heavy atom. The second-order valence-corrected chi connectivity index (χ2v) is 3.28. The Balaban J connectivity index is -0.0000000291. The zero-order valence-corrected chi connectivity index (χ0v) is 13.6. The van der Waals surface area contributed by atoms with Crippen LogP contribution in [0, 0.1) is 0 Å². The Morgan fingerprint density at radius 3 is 0.526 bits per heavy atom. The molecular formula is C19H44. The van der Waals surface area contributed by atoms with Crippen LogP contribution in [-0.2, 0) is 0 Å². The molecule has 0 amide bonds. The lowest BCUT2D eigenvalue weighted by atomic mass is 10.4. The fourth-order valence-corrected chi connectivity index (χ4v) is 0.385. The van der Waals surface area contributed by atoms with Gasteiger partial charge in [-0.05, 0) is 0 Å². The summed E-state index contributed by atoms with van der Waals surface area (Å²) in [5.74, 6) is 0. The van der Waals surface area contributed by atoms with Crippen molar-refractivity contribution < 1.29 is 0 Å². The highest BCUT2D eigenvalue weighted by molar-refractivity contribution is 4.99. The van der Waals surface area contributed by atoms with Gasteiger partial charge in [0.2, 0.25) is 0 Å². The molecule has 0 heterocycles. The molecule has 0 aromatic heterocycles. The predicted molar refractivity (Wildman–Crippen MR) is 99.1 cm³/mol. The Labute approximate surface area is 126 Å². The maximum Gasteiger partial charge on any atom is -0.0590 e. The number of benzene rings is 1. The maximum absolute atomic E-state index is 2.12. The van der Waals surface area contributed by atoms with E-state index in [2.05, 4.69) is 41.5 Å². The summed E-state index contributed by atoms with van der Waals surface area (Å²) in [6.45, 7) is 16.8. The largest absolute Gasteiger partial charge is 0.0776 e. The van der Waals surface area contributed by atoms with E-state index in [1.54, 1.807) is 0 Å². The van der Waals surface area contributed by atoms with E-state index in [1.807, 2.05) is 50.2 Å². The molecule has 0 bridgehead atoms. The van der Waals surface area contributed by atoms with Crippen molar-refractivity contribution in [2.75, 3.05) is 0 Å². The van der Waals surface area contributed by atoms with Gasteiger partial charge in [0, 0.05) is 0 Å². The van der Waals surface area contributed by atoms with Crippen molar-refractivity contribution in [3.8, 4) is 0 Å². The smallest absolute Gasteiger partial charge is 0.0590 e. The summed E-state index contributed by atoms with van der Waals surface area (Å²) in [6.07, 6.45) is 3.75. The van der Waals surface area contributed by atoms with Crippen LogP contribution in [0.1, 0.15) is 89.5 Å². The molecule has 0 N–H and O–H groups in total. The first kappa shape index (κ1) is 36.2. The highest BCUT2D eigenvalue weighted by atomic mass is 13.6. The average Bonchev–Trinajstić information content (AvgIpc) is 2.37. The van der Waals surface area contributed by atoms with Crippen molar-refractivity contribution in [3.63, 3.8) is 0 Å². The first-order valence-corrected chi connectivity index (χ1v) is 7.24. The Kier molecular flexibility index (Phi) is 128. The first-order valence-electron chi connectivity index (χ1n) is 7.24. The molecule has 0 spiro atoms. The Bertz CT molecular complexity index is 101. The SMILES string of the molecule is C.C.CC.CCC.CCC.CCC.c1ccccc1. The summed E-state index contributed by atoms with van der Waals surface area (Å²) in [4.78, 5) is 0. The van der Waals surface area contributed by atoms with E-state index in [9.17, 15) is 0 Å². The van der Waals surface area contributed by atoms with Gasteiger partial charge in [0.05, 0.1) is 0 Å². The lowest BCUT2D eigenvalue weighted by Gasteiger charge is -1.69. The third-order valence-corrected chi connectivity index (χ3v) is 0.667. The minimum atomic E-state index is 0. The van der Waals surface area contributed by atoms with Gasteiger partial charge in [-0.3, -0.25) is 0 Å². The molecule has 1 rings (SSSR count). The van der Waals surface area contributed by atoms with Gasteiger partial charge in [0.1, 0.15) is 0 Å². The molecule has 0 saturated heterocycles. The molecule has 0 aliphatic carbocycles. The van der Waals surface area contributed by atoms with Crippen LogP contribution in [0.15, 0.2) is 36.4 Å². The van der Waals surface area contributed by atoms with Crippen molar-refractivity contribution in [3.05, 3.63) is 36.4 Å². The van der Waals surface area contributed by atoms with Gasteiger partial charge >= 0.3 is 0 Å². The fourth-order valence-electron chi connectivity index (χ4n) is 0.385. The molecule has 19 heavy (non-hydrogen) atoms. The summed E-state index contributed by atoms with van der Waals surface area (Å²) < 4.78 is 0. The van der Waals surface area contributed by atoms with Gasteiger partial charge < -0.3 is 0 Å². The predicted octanol–water partition coefficient (Wildman–Crippen LogP) is 8.23. The minimum Gasteiger partial charge on any atom is -0.0776 e. The van der Waals surface area contributed by atoms with Crippen molar-refractivity contribution in [1.29, 1.82) is 0 Å². The van der Waals surface area contributed by atoms with Crippen LogP contribution < -0.4 is 0 Å². The summed E-state index contributed by atoms with van der Waals surface area (Å²) in [7, 11) is 0. The number of hydrogen-bond donors (Lipinski definition) is 0. The van der Waals surface area contributed by atoms with Gasteiger partial charge in [-0.2, -0.15) is 0 Å². The van der Waals surface area contributed by atoms with Crippen molar-refractivity contribution in [1.82, 2.24) is 0 Å². The third kappa shape index (κ3) is 146. The Hall–Kier alpha value is -0.780. The van der Waals surface area contributed by atoms with Crippen LogP contribution in [0.3, 0.4) is 0 Å². The molecule has 0 fully saturated rings. The fraction of sp³-hybridized carbons (Fsp3) is 0.684. The van der Waals surface area contributed by atoms with E-state index in [0.29, 0.717) is 0 Å². The highest BCUT2D eigenvalue weighted by Crippen LogP contribution is 1.79. The second kappa shape index (κ2) is 67.0. The van der Waals surface area contributed by atoms with Gasteiger partial charge in [-0.1, -0.05) is 126 Å². The van der Waals surface area contributed by atoms with Gasteiger partial charge in [0.15, 0.2) is 0 Å². The zero-order chi connectivity index (χ0) is 14.4. The molecule has 0 aliphatic heterocycles. The van der Waals surface area contributed by atoms with E-state index in [4.69, 9.17) is 0 Å². The van der Waals surface area contributed by atoms with Gasteiger partial charge in [-0.15, -0.1) is 0 Å². The molecule has 0 atom stereocenters. The average molecular weight is 273 g/mol. The molecule has 120 valence electrons. The standard InChI is InChI=1S/C6H6.3C3H8.C2H6.2CH4/c1-2-4-6-5-3-1;3*1-3-2;1-2;;/h1-6H;3*3H2,1-2H3;1-2H3;2*1H4. The molecule has 0 saturated carbocycles. The van der Waals surface area contributed by atoms with Crippen LogP contribution in [0.5, 0.6) is 0 Å². The molecule has 0 aliphatic rings. The quantitative estimate of drug-likeness (QED) is 0.446. The van der Waals surface area contributed by atoms with E-state index in [-0.39, 0.29) is 14.9 Å². The van der Waals surface area contributed by atoms with Gasteiger partial charge in [-0.25, -0.2) is 0 Å². The number of rotatable bonds is 0. The Morgan fingerprint density at radius 2 is 0.474 bits per heavy atom. The van der Waals surface area contributed by atoms with E-state index in [0.717, 1.165) is 0 Å². The van der Waals surface area contributed by atoms with Crippen LogP contribution in [0.25, 0.3) is 0 Å². The normalized spacial score (nSPS) is 5.68. The molecule has 1 aromatic rings. The molecule has 0 heteroatoms. The summed E-state index contributed by atoms with van der Waals surface area (Å²) in [6, 6.07) is 12.0. The lowest BCUT2D eigenvalue weighted by Crippen LogP contribution is -1.47. The second-order valence-electron chi connectivity index (χ2n) is 3.28. The molecule has 1 aromatic carbocycles. The first-order chi connectivity index (χ1) is 8.24. The summed E-state index contributed by atoms with van der Waals surface area (Å²) in [5.41, 5.74) is 0. The zero-order valence-electron chi connectivity index (χ0n) is 13.6. The molecule has 0 radical (unpaired) electrons. The van der Waals surface area contributed by atoms with Crippen LogP contribution >= 0.6 is 0 Å². The van der Waals surface area contributed by atoms with E-state index >= 15 is 0 Å². The van der Waals surface area contributed by atoms with Crippen LogP contribution in [-0.4, -0.2) is 0 Å². The lowest BCUT2D eigenvalue weighted by molar-refractivity contribution is 1.09. The van der Waals surface area contributed by atoms with Crippen molar-refractivity contribution >= 4 is 0 Å². The summed E-state index contributed by atoms with van der Waals surface area (Å²) >= 11 is 0. The van der Waals surface area contributed by atoms with Crippen molar-refractivity contribution in [2.45, 2.75) is 89.5 Å². The van der Waals surface area contributed by atoms with Crippen LogP contribution in [0.2, 0.25) is 0 Å². The van der Waals surface area contributed by atoms with E-state index < -0.39 is 0 Å². The molecule has 0 nitrogen and oxygen atoms in total. The highest BCUT2D eigenvalue weighted by Gasteiger charge is 1.57. The minimum absolute atomic E-state index is 0. The van der Waals surface area contributed by atoms with Gasteiger partial charge in [0.25, 0.3) is 0 Å². The third-order valence-electron chi connectivity index (χ3n) is 0.667.